The average Bonchev–Trinajstić information content (AvgIpc) is 2.33. The summed E-state index contributed by atoms with van der Waals surface area (Å²) in [4.78, 5) is 0. The topological polar surface area (TPSA) is 30.5 Å². The number of benzene rings is 1. The van der Waals surface area contributed by atoms with Gasteiger partial charge in [-0.1, -0.05) is 28.1 Å². The molecule has 0 saturated heterocycles. The van der Waals surface area contributed by atoms with Gasteiger partial charge in [-0.05, 0) is 31.7 Å². The number of likely N-dealkylation sites (N-methyl/N-ethyl adjacent to an activating group) is 1. The van der Waals surface area contributed by atoms with E-state index in [1.807, 2.05) is 26.1 Å². The first-order chi connectivity index (χ1) is 8.27. The quantitative estimate of drug-likeness (QED) is 0.749. The summed E-state index contributed by atoms with van der Waals surface area (Å²) in [5.41, 5.74) is 1.17. The fourth-order valence-electron chi connectivity index (χ4n) is 1.56. The van der Waals surface area contributed by atoms with Crippen LogP contribution in [0.4, 0.5) is 0 Å². The molecule has 96 valence electrons. The first-order valence-electron chi connectivity index (χ1n) is 5.87. The van der Waals surface area contributed by atoms with Crippen molar-refractivity contribution in [3.63, 3.8) is 0 Å². The van der Waals surface area contributed by atoms with E-state index in [1.165, 1.54) is 5.56 Å². The lowest BCUT2D eigenvalue weighted by Gasteiger charge is -2.18. The van der Waals surface area contributed by atoms with Gasteiger partial charge >= 0.3 is 0 Å². The first kappa shape index (κ1) is 14.6. The Labute approximate surface area is 112 Å². The van der Waals surface area contributed by atoms with Gasteiger partial charge < -0.3 is 14.8 Å². The van der Waals surface area contributed by atoms with Gasteiger partial charge in [0.1, 0.15) is 0 Å². The molecule has 1 N–H and O–H groups in total. The molecule has 0 spiro atoms. The molecule has 17 heavy (non-hydrogen) atoms. The number of hydrogen-bond acceptors (Lipinski definition) is 3. The van der Waals surface area contributed by atoms with Crippen LogP contribution in [0.15, 0.2) is 28.7 Å². The zero-order valence-electron chi connectivity index (χ0n) is 10.4. The molecular formula is C13H20BrNO2. The smallest absolute Gasteiger partial charge is 0.0950 e. The third kappa shape index (κ3) is 5.64. The minimum Gasteiger partial charge on any atom is -0.379 e. The third-order valence-corrected chi connectivity index (χ3v) is 2.85. The highest BCUT2D eigenvalue weighted by Crippen LogP contribution is 2.20. The second-order valence-electron chi connectivity index (χ2n) is 3.67. The lowest BCUT2D eigenvalue weighted by Crippen LogP contribution is -2.21. The van der Waals surface area contributed by atoms with Crippen LogP contribution < -0.4 is 5.32 Å². The fraction of sp³-hybridized carbons (Fsp3) is 0.538. The highest BCUT2D eigenvalue weighted by molar-refractivity contribution is 9.10. The molecule has 0 aliphatic carbocycles. The van der Waals surface area contributed by atoms with Crippen molar-refractivity contribution in [2.24, 2.45) is 0 Å². The van der Waals surface area contributed by atoms with Gasteiger partial charge in [0.05, 0.1) is 19.3 Å². The molecule has 1 aromatic carbocycles. The van der Waals surface area contributed by atoms with Gasteiger partial charge in [0.25, 0.3) is 0 Å². The van der Waals surface area contributed by atoms with Crippen molar-refractivity contribution in [3.8, 4) is 0 Å². The highest BCUT2D eigenvalue weighted by Gasteiger charge is 2.11. The molecule has 1 aromatic rings. The molecule has 3 nitrogen and oxygen atoms in total. The van der Waals surface area contributed by atoms with Gasteiger partial charge in [-0.2, -0.15) is 0 Å². The van der Waals surface area contributed by atoms with Crippen molar-refractivity contribution >= 4 is 15.9 Å². The van der Waals surface area contributed by atoms with E-state index >= 15 is 0 Å². The van der Waals surface area contributed by atoms with E-state index in [2.05, 4.69) is 33.4 Å². The molecule has 0 fully saturated rings. The van der Waals surface area contributed by atoms with Gasteiger partial charge in [0.2, 0.25) is 0 Å². The first-order valence-corrected chi connectivity index (χ1v) is 6.66. The molecule has 0 aliphatic heterocycles. The van der Waals surface area contributed by atoms with Crippen molar-refractivity contribution in [1.29, 1.82) is 0 Å². The number of ether oxygens (including phenoxy) is 2. The van der Waals surface area contributed by atoms with Crippen LogP contribution in [0, 0.1) is 0 Å². The third-order valence-electron chi connectivity index (χ3n) is 2.36. The standard InChI is InChI=1S/C13H20BrNO2/c1-3-16-7-8-17-13(10-15-2)11-5-4-6-12(14)9-11/h4-6,9,13,15H,3,7-8,10H2,1-2H3. The maximum atomic E-state index is 5.82. The van der Waals surface area contributed by atoms with Crippen LogP contribution in [-0.2, 0) is 9.47 Å². The second kappa shape index (κ2) is 8.64. The molecule has 1 unspecified atom stereocenters. The molecule has 1 rings (SSSR count). The lowest BCUT2D eigenvalue weighted by atomic mass is 10.1. The Morgan fingerprint density at radius 2 is 2.18 bits per heavy atom. The van der Waals surface area contributed by atoms with Crippen LogP contribution >= 0.6 is 15.9 Å². The Balaban J connectivity index is 2.52. The minimum absolute atomic E-state index is 0.0676. The van der Waals surface area contributed by atoms with Gasteiger partial charge in [-0.15, -0.1) is 0 Å². The molecule has 0 aliphatic rings. The maximum Gasteiger partial charge on any atom is 0.0950 e. The number of hydrogen-bond donors (Lipinski definition) is 1. The van der Waals surface area contributed by atoms with Crippen LogP contribution in [0.25, 0.3) is 0 Å². The van der Waals surface area contributed by atoms with Crippen LogP contribution in [-0.4, -0.2) is 33.4 Å². The van der Waals surface area contributed by atoms with Crippen molar-refractivity contribution in [1.82, 2.24) is 5.32 Å². The summed E-state index contributed by atoms with van der Waals surface area (Å²) in [5, 5.41) is 3.15. The van der Waals surface area contributed by atoms with E-state index in [-0.39, 0.29) is 6.10 Å². The molecule has 0 radical (unpaired) electrons. The summed E-state index contributed by atoms with van der Waals surface area (Å²) < 4.78 is 12.2. The summed E-state index contributed by atoms with van der Waals surface area (Å²) in [5.74, 6) is 0. The van der Waals surface area contributed by atoms with Gasteiger partial charge in [-0.25, -0.2) is 0 Å². The molecule has 0 heterocycles. The van der Waals surface area contributed by atoms with Crippen molar-refractivity contribution in [2.75, 3.05) is 33.4 Å². The van der Waals surface area contributed by atoms with Crippen LogP contribution in [0.1, 0.15) is 18.6 Å². The average molecular weight is 302 g/mol. The number of rotatable bonds is 8. The van der Waals surface area contributed by atoms with E-state index in [0.29, 0.717) is 13.2 Å². The van der Waals surface area contributed by atoms with Crippen molar-refractivity contribution < 1.29 is 9.47 Å². The predicted octanol–water partition coefficient (Wildman–Crippen LogP) is 2.76. The SMILES string of the molecule is CCOCCOC(CNC)c1cccc(Br)c1. The minimum atomic E-state index is 0.0676. The van der Waals surface area contributed by atoms with Crippen LogP contribution in [0.3, 0.4) is 0 Å². The summed E-state index contributed by atoms with van der Waals surface area (Å²) >= 11 is 3.47. The van der Waals surface area contributed by atoms with Gasteiger partial charge in [-0.3, -0.25) is 0 Å². The molecule has 4 heteroatoms. The fourth-order valence-corrected chi connectivity index (χ4v) is 1.98. The van der Waals surface area contributed by atoms with Crippen molar-refractivity contribution in [3.05, 3.63) is 34.3 Å². The van der Waals surface area contributed by atoms with Gasteiger partial charge in [0.15, 0.2) is 0 Å². The lowest BCUT2D eigenvalue weighted by molar-refractivity contribution is 0.00759. The normalized spacial score (nSPS) is 12.6. The monoisotopic (exact) mass is 301 g/mol. The summed E-state index contributed by atoms with van der Waals surface area (Å²) in [7, 11) is 1.93. The Morgan fingerprint density at radius 1 is 1.35 bits per heavy atom. The van der Waals surface area contributed by atoms with Crippen LogP contribution in [0.5, 0.6) is 0 Å². The summed E-state index contributed by atoms with van der Waals surface area (Å²) in [6, 6.07) is 8.20. The maximum absolute atomic E-state index is 5.82. The molecule has 0 bridgehead atoms. The van der Waals surface area contributed by atoms with Crippen molar-refractivity contribution in [2.45, 2.75) is 13.0 Å². The molecule has 1 atom stereocenters. The Bertz CT molecular complexity index is 320. The largest absolute Gasteiger partial charge is 0.379 e. The Morgan fingerprint density at radius 3 is 2.82 bits per heavy atom. The highest BCUT2D eigenvalue weighted by atomic mass is 79.9. The summed E-state index contributed by atoms with van der Waals surface area (Å²) in [6.45, 7) is 4.77. The van der Waals surface area contributed by atoms with E-state index < -0.39 is 0 Å². The molecule has 0 saturated carbocycles. The van der Waals surface area contributed by atoms with E-state index in [0.717, 1.165) is 17.6 Å². The Hall–Kier alpha value is -0.420. The van der Waals surface area contributed by atoms with E-state index in [4.69, 9.17) is 9.47 Å². The zero-order valence-corrected chi connectivity index (χ0v) is 12.0. The van der Waals surface area contributed by atoms with E-state index in [1.54, 1.807) is 0 Å². The van der Waals surface area contributed by atoms with E-state index in [9.17, 15) is 0 Å². The number of nitrogens with one attached hydrogen (secondary N) is 1. The predicted molar refractivity (Wildman–Crippen MR) is 73.3 cm³/mol. The van der Waals surface area contributed by atoms with Gasteiger partial charge in [0, 0.05) is 17.6 Å². The second-order valence-corrected chi connectivity index (χ2v) is 4.58. The molecule has 0 aromatic heterocycles. The zero-order chi connectivity index (χ0) is 12.5. The van der Waals surface area contributed by atoms with Crippen LogP contribution in [0.2, 0.25) is 0 Å². The summed E-state index contributed by atoms with van der Waals surface area (Å²) in [6.07, 6.45) is 0.0676. The molecule has 0 amide bonds. The molecular weight excluding hydrogens is 282 g/mol. The number of halogens is 1. The Kier molecular flexibility index (Phi) is 7.44.